The Morgan fingerprint density at radius 3 is 2.44 bits per heavy atom. The highest BCUT2D eigenvalue weighted by molar-refractivity contribution is 7.25. The molecule has 240 valence electrons. The first-order chi connectivity index (χ1) is 23.2. The minimum Gasteiger partial charge on any atom is -0.227 e. The lowest BCUT2D eigenvalue weighted by atomic mass is 9.69. The van der Waals surface area contributed by atoms with Gasteiger partial charge < -0.3 is 0 Å². The van der Waals surface area contributed by atoms with E-state index < -0.39 is 0 Å². The summed E-state index contributed by atoms with van der Waals surface area (Å²) in [5, 5.41) is 9.35. The SMILES string of the molecule is CCC1(C)n2nc(C(C)(C)C)nc2-c2cccc[n+]2C1(CC)CCC1c2cc3c(cc2-c2ccc4ccccc4[n+]21)sc1ccccc13. The Balaban J connectivity index is 1.24. The molecule has 2 aliphatic rings. The standard InChI is InChI=1S/C42H43N5S/c1-7-41(6)42(8-2,45-24-14-13-18-35(45)38-43-39(40(3,4)5)44-47(38)41)23-22-34-29-25-31-28-16-10-12-19-36(28)48-37(31)26-30(29)33-21-20-27-15-9-11-17-32(27)46(33)34/h9-21,24-26,34H,7-8,22-23H2,1-6H3/q+2. The van der Waals surface area contributed by atoms with Gasteiger partial charge in [-0.15, -0.1) is 11.3 Å². The average Bonchev–Trinajstić information content (AvgIpc) is 3.80. The third-order valence-corrected chi connectivity index (χ3v) is 12.9. The fourth-order valence-electron chi connectivity index (χ4n) is 9.06. The van der Waals surface area contributed by atoms with Crippen molar-refractivity contribution in [1.82, 2.24) is 14.8 Å². The Morgan fingerprint density at radius 1 is 0.833 bits per heavy atom. The number of pyridine rings is 2. The van der Waals surface area contributed by atoms with Gasteiger partial charge >= 0.3 is 0 Å². The predicted molar refractivity (Wildman–Crippen MR) is 196 cm³/mol. The van der Waals surface area contributed by atoms with E-state index in [4.69, 9.17) is 10.1 Å². The van der Waals surface area contributed by atoms with Crippen molar-refractivity contribution >= 4 is 42.4 Å². The zero-order valence-electron chi connectivity index (χ0n) is 28.8. The van der Waals surface area contributed by atoms with Crippen molar-refractivity contribution in [3.8, 4) is 22.8 Å². The molecule has 6 heterocycles. The van der Waals surface area contributed by atoms with Crippen LogP contribution in [-0.4, -0.2) is 14.8 Å². The summed E-state index contributed by atoms with van der Waals surface area (Å²) in [7, 11) is 0. The number of fused-ring (bicyclic) bond motifs is 11. The van der Waals surface area contributed by atoms with Crippen LogP contribution in [0.4, 0.5) is 0 Å². The fourth-order valence-corrected chi connectivity index (χ4v) is 10.2. The van der Waals surface area contributed by atoms with Gasteiger partial charge in [-0.25, -0.2) is 9.67 Å². The minimum atomic E-state index is -0.270. The third kappa shape index (κ3) is 3.90. The van der Waals surface area contributed by atoms with E-state index in [9.17, 15) is 0 Å². The quantitative estimate of drug-likeness (QED) is 0.174. The molecule has 3 aromatic carbocycles. The zero-order valence-corrected chi connectivity index (χ0v) is 29.6. The van der Waals surface area contributed by atoms with Crippen LogP contribution in [0.3, 0.4) is 0 Å². The maximum absolute atomic E-state index is 5.33. The summed E-state index contributed by atoms with van der Waals surface area (Å²) in [4.78, 5) is 5.21. The largest absolute Gasteiger partial charge is 0.250 e. The average molecular weight is 650 g/mol. The van der Waals surface area contributed by atoms with Crippen LogP contribution in [0.1, 0.15) is 84.7 Å². The number of hydrogen-bond acceptors (Lipinski definition) is 3. The van der Waals surface area contributed by atoms with E-state index in [-0.39, 0.29) is 22.5 Å². The highest BCUT2D eigenvalue weighted by Crippen LogP contribution is 2.50. The molecule has 3 atom stereocenters. The van der Waals surface area contributed by atoms with Crippen LogP contribution in [0, 0.1) is 0 Å². The molecule has 3 unspecified atom stereocenters. The van der Waals surface area contributed by atoms with Gasteiger partial charge in [-0.05, 0) is 49.7 Å². The highest BCUT2D eigenvalue weighted by Gasteiger charge is 2.61. The van der Waals surface area contributed by atoms with Crippen molar-refractivity contribution in [2.45, 2.75) is 89.8 Å². The molecule has 4 aromatic heterocycles. The molecular formula is C42H43N5S+2. The predicted octanol–water partition coefficient (Wildman–Crippen LogP) is 9.63. The Morgan fingerprint density at radius 2 is 1.62 bits per heavy atom. The molecule has 0 spiro atoms. The van der Waals surface area contributed by atoms with Crippen molar-refractivity contribution in [3.63, 3.8) is 0 Å². The molecule has 0 saturated carbocycles. The molecular weight excluding hydrogens is 607 g/mol. The van der Waals surface area contributed by atoms with Crippen molar-refractivity contribution in [2.24, 2.45) is 0 Å². The number of rotatable bonds is 5. The summed E-state index contributed by atoms with van der Waals surface area (Å²) in [6.45, 7) is 13.8. The van der Waals surface area contributed by atoms with E-state index in [1.165, 1.54) is 47.9 Å². The molecule has 5 nitrogen and oxygen atoms in total. The Hall–Kier alpha value is -4.42. The monoisotopic (exact) mass is 649 g/mol. The van der Waals surface area contributed by atoms with Crippen LogP contribution < -0.4 is 9.13 Å². The molecule has 9 rings (SSSR count). The van der Waals surface area contributed by atoms with Gasteiger partial charge in [0.2, 0.25) is 17.0 Å². The molecule has 2 aliphatic heterocycles. The van der Waals surface area contributed by atoms with Crippen molar-refractivity contribution in [2.75, 3.05) is 0 Å². The van der Waals surface area contributed by atoms with E-state index in [1.54, 1.807) is 0 Å². The summed E-state index contributed by atoms with van der Waals surface area (Å²) < 4.78 is 10.3. The van der Waals surface area contributed by atoms with Crippen molar-refractivity contribution in [1.29, 1.82) is 0 Å². The van der Waals surface area contributed by atoms with Crippen LogP contribution in [0.25, 0.3) is 53.9 Å². The van der Waals surface area contributed by atoms with Crippen LogP contribution in [0.15, 0.2) is 97.2 Å². The summed E-state index contributed by atoms with van der Waals surface area (Å²) in [6, 6.07) is 34.2. The first-order valence-corrected chi connectivity index (χ1v) is 18.4. The molecule has 0 aliphatic carbocycles. The van der Waals surface area contributed by atoms with E-state index in [0.717, 1.165) is 43.0 Å². The normalized spacial score (nSPS) is 21.4. The number of thiophene rings is 1. The van der Waals surface area contributed by atoms with Gasteiger partial charge in [0.1, 0.15) is 5.54 Å². The lowest BCUT2D eigenvalue weighted by Gasteiger charge is -2.46. The molecule has 48 heavy (non-hydrogen) atoms. The first kappa shape index (κ1) is 29.7. The molecule has 0 bridgehead atoms. The van der Waals surface area contributed by atoms with Gasteiger partial charge in [-0.2, -0.15) is 14.2 Å². The summed E-state index contributed by atoms with van der Waals surface area (Å²) in [6.07, 6.45) is 6.26. The fraction of sp³-hybridized carbons (Fsp3) is 0.333. The summed E-state index contributed by atoms with van der Waals surface area (Å²) in [5.41, 5.74) is 5.98. The number of hydrogen-bond donors (Lipinski definition) is 0. The van der Waals surface area contributed by atoms with Crippen molar-refractivity contribution in [3.05, 3.63) is 109 Å². The highest BCUT2D eigenvalue weighted by atomic mass is 32.1. The molecule has 0 saturated heterocycles. The van der Waals surface area contributed by atoms with Gasteiger partial charge in [0.15, 0.2) is 23.6 Å². The Labute approximate surface area is 286 Å². The minimum absolute atomic E-state index is 0.139. The van der Waals surface area contributed by atoms with Crippen LogP contribution in [0.5, 0.6) is 0 Å². The van der Waals surface area contributed by atoms with Gasteiger partial charge in [-0.3, -0.25) is 0 Å². The van der Waals surface area contributed by atoms with Crippen LogP contribution >= 0.6 is 11.3 Å². The molecule has 0 radical (unpaired) electrons. The second-order valence-corrected chi connectivity index (χ2v) is 16.2. The smallest absolute Gasteiger partial charge is 0.227 e. The molecule has 7 aromatic rings. The first-order valence-electron chi connectivity index (χ1n) is 17.6. The number of nitrogens with zero attached hydrogens (tertiary/aromatic N) is 5. The van der Waals surface area contributed by atoms with E-state index >= 15 is 0 Å². The van der Waals surface area contributed by atoms with Gasteiger partial charge in [-0.1, -0.05) is 65.0 Å². The molecule has 0 N–H and O–H groups in total. The maximum Gasteiger partial charge on any atom is 0.250 e. The lowest BCUT2D eigenvalue weighted by molar-refractivity contribution is -0.776. The third-order valence-electron chi connectivity index (χ3n) is 11.8. The second kappa shape index (κ2) is 10.3. The van der Waals surface area contributed by atoms with E-state index in [2.05, 4.69) is 153 Å². The second-order valence-electron chi connectivity index (χ2n) is 15.1. The van der Waals surface area contributed by atoms with Crippen LogP contribution in [-0.2, 0) is 16.5 Å². The maximum atomic E-state index is 5.33. The van der Waals surface area contributed by atoms with Gasteiger partial charge in [0.05, 0.1) is 5.56 Å². The Kier molecular flexibility index (Phi) is 6.37. The summed E-state index contributed by atoms with van der Waals surface area (Å²) >= 11 is 1.91. The lowest BCUT2D eigenvalue weighted by Crippen LogP contribution is -2.71. The topological polar surface area (TPSA) is 38.5 Å². The number of benzene rings is 3. The molecule has 0 fully saturated rings. The van der Waals surface area contributed by atoms with Crippen molar-refractivity contribution < 1.29 is 9.13 Å². The zero-order chi connectivity index (χ0) is 33.0. The number of aromatic nitrogens is 5. The number of para-hydroxylation sites is 1. The van der Waals surface area contributed by atoms with Crippen LogP contribution in [0.2, 0.25) is 0 Å². The van der Waals surface area contributed by atoms with Gasteiger partial charge in [0, 0.05) is 80.1 Å². The van der Waals surface area contributed by atoms with E-state index in [0.29, 0.717) is 0 Å². The van der Waals surface area contributed by atoms with Gasteiger partial charge in [0.25, 0.3) is 5.69 Å². The molecule has 6 heteroatoms. The Bertz CT molecular complexity index is 2410. The van der Waals surface area contributed by atoms with E-state index in [1.807, 2.05) is 11.3 Å². The summed E-state index contributed by atoms with van der Waals surface area (Å²) in [5.74, 6) is 1.89. The molecule has 0 amide bonds.